The van der Waals surface area contributed by atoms with Crippen molar-refractivity contribution in [3.05, 3.63) is 0 Å². The van der Waals surface area contributed by atoms with Gasteiger partial charge < -0.3 is 0 Å². The Balaban J connectivity index is 2.05. The van der Waals surface area contributed by atoms with Crippen molar-refractivity contribution >= 4 is 11.8 Å². The maximum atomic E-state index is 9.40. The van der Waals surface area contributed by atoms with Crippen LogP contribution in [-0.2, 0) is 0 Å². The summed E-state index contributed by atoms with van der Waals surface area (Å²) < 4.78 is 0. The summed E-state index contributed by atoms with van der Waals surface area (Å²) in [6.45, 7) is 9.30. The molecule has 5 unspecified atom stereocenters. The van der Waals surface area contributed by atoms with E-state index < -0.39 is 0 Å². The third kappa shape index (κ3) is 3.22. The lowest BCUT2D eigenvalue weighted by Gasteiger charge is -2.44. The smallest absolute Gasteiger partial charge is 0.0672 e. The summed E-state index contributed by atoms with van der Waals surface area (Å²) in [4.78, 5) is 2.63. The molecule has 3 heteroatoms. The Hall–Kier alpha value is -0.200. The molecule has 5 atom stereocenters. The second-order valence-corrected chi connectivity index (χ2v) is 7.98. The zero-order valence-corrected chi connectivity index (χ0v) is 12.7. The molecule has 1 saturated heterocycles. The van der Waals surface area contributed by atoms with Gasteiger partial charge >= 0.3 is 0 Å². The molecule has 0 bridgehead atoms. The Bertz CT molecular complexity index is 302. The van der Waals surface area contributed by atoms with Gasteiger partial charge in [0.1, 0.15) is 0 Å². The van der Waals surface area contributed by atoms with E-state index in [1.165, 1.54) is 32.4 Å². The van der Waals surface area contributed by atoms with Gasteiger partial charge in [-0.25, -0.2) is 0 Å². The standard InChI is InChI=1S/C15H26N2S/c1-4-13-5-6-14(8-16)15(7-13)17-9-11(2)18-12(3)10-17/h11-15H,4-7,9-10H2,1-3H3. The van der Waals surface area contributed by atoms with Gasteiger partial charge in [-0.1, -0.05) is 27.2 Å². The molecule has 0 aromatic heterocycles. The number of rotatable bonds is 2. The zero-order chi connectivity index (χ0) is 13.1. The van der Waals surface area contributed by atoms with E-state index in [-0.39, 0.29) is 5.92 Å². The van der Waals surface area contributed by atoms with Gasteiger partial charge in [0, 0.05) is 29.6 Å². The minimum absolute atomic E-state index is 0.273. The summed E-state index contributed by atoms with van der Waals surface area (Å²) in [6, 6.07) is 3.10. The van der Waals surface area contributed by atoms with Crippen LogP contribution in [0.3, 0.4) is 0 Å². The van der Waals surface area contributed by atoms with Crippen molar-refractivity contribution in [1.82, 2.24) is 4.90 Å². The van der Waals surface area contributed by atoms with Crippen LogP contribution in [0.1, 0.15) is 46.5 Å². The highest BCUT2D eigenvalue weighted by Crippen LogP contribution is 2.36. The first-order valence-corrected chi connectivity index (χ1v) is 8.37. The predicted octanol–water partition coefficient (Wildman–Crippen LogP) is 3.53. The summed E-state index contributed by atoms with van der Waals surface area (Å²) in [5, 5.41) is 10.8. The minimum Gasteiger partial charge on any atom is -0.297 e. The van der Waals surface area contributed by atoms with E-state index in [2.05, 4.69) is 43.5 Å². The van der Waals surface area contributed by atoms with Crippen LogP contribution in [-0.4, -0.2) is 34.5 Å². The fraction of sp³-hybridized carbons (Fsp3) is 0.933. The quantitative estimate of drug-likeness (QED) is 0.765. The first kappa shape index (κ1) is 14.2. The molecule has 2 aliphatic rings. The Morgan fingerprint density at radius 2 is 1.89 bits per heavy atom. The van der Waals surface area contributed by atoms with Crippen molar-refractivity contribution in [2.45, 2.75) is 63.0 Å². The maximum Gasteiger partial charge on any atom is 0.0672 e. The van der Waals surface area contributed by atoms with Crippen molar-refractivity contribution in [1.29, 1.82) is 5.26 Å². The van der Waals surface area contributed by atoms with E-state index in [1.807, 2.05) is 0 Å². The molecule has 0 N–H and O–H groups in total. The topological polar surface area (TPSA) is 27.0 Å². The third-order valence-corrected chi connectivity index (χ3v) is 5.81. The van der Waals surface area contributed by atoms with Gasteiger partial charge in [-0.2, -0.15) is 17.0 Å². The highest BCUT2D eigenvalue weighted by Gasteiger charge is 2.36. The molecular weight excluding hydrogens is 240 g/mol. The van der Waals surface area contributed by atoms with Crippen LogP contribution in [0.5, 0.6) is 0 Å². The monoisotopic (exact) mass is 266 g/mol. The van der Waals surface area contributed by atoms with Crippen LogP contribution >= 0.6 is 11.8 Å². The molecule has 0 radical (unpaired) electrons. The van der Waals surface area contributed by atoms with Gasteiger partial charge in [0.2, 0.25) is 0 Å². The lowest BCUT2D eigenvalue weighted by atomic mass is 9.77. The molecule has 2 rings (SSSR count). The summed E-state index contributed by atoms with van der Waals surface area (Å²) in [5.74, 6) is 1.12. The largest absolute Gasteiger partial charge is 0.297 e. The molecular formula is C15H26N2S. The molecule has 2 nitrogen and oxygen atoms in total. The van der Waals surface area contributed by atoms with E-state index >= 15 is 0 Å². The van der Waals surface area contributed by atoms with Crippen LogP contribution in [0, 0.1) is 23.2 Å². The van der Waals surface area contributed by atoms with E-state index in [0.29, 0.717) is 6.04 Å². The highest BCUT2D eigenvalue weighted by molar-refractivity contribution is 8.00. The van der Waals surface area contributed by atoms with Crippen molar-refractivity contribution in [2.75, 3.05) is 13.1 Å². The van der Waals surface area contributed by atoms with Crippen molar-refractivity contribution in [3.8, 4) is 6.07 Å². The fourth-order valence-corrected chi connectivity index (χ4v) is 4.99. The average Bonchev–Trinajstić information content (AvgIpc) is 2.36. The molecule has 102 valence electrons. The third-order valence-electron chi connectivity index (χ3n) is 4.59. The van der Waals surface area contributed by atoms with Crippen LogP contribution in [0.15, 0.2) is 0 Å². The zero-order valence-electron chi connectivity index (χ0n) is 11.9. The van der Waals surface area contributed by atoms with Gasteiger partial charge in [0.25, 0.3) is 0 Å². The molecule has 1 aliphatic heterocycles. The van der Waals surface area contributed by atoms with Crippen LogP contribution in [0.25, 0.3) is 0 Å². The molecule has 1 saturated carbocycles. The van der Waals surface area contributed by atoms with E-state index in [1.54, 1.807) is 0 Å². The van der Waals surface area contributed by atoms with Crippen LogP contribution < -0.4 is 0 Å². The Labute approximate surface area is 116 Å². The van der Waals surface area contributed by atoms with Crippen LogP contribution in [0.2, 0.25) is 0 Å². The number of hydrogen-bond acceptors (Lipinski definition) is 3. The highest BCUT2D eigenvalue weighted by atomic mass is 32.2. The normalized spacial score (nSPS) is 42.4. The Kier molecular flexibility index (Phi) is 4.98. The number of nitrogens with zero attached hydrogens (tertiary/aromatic N) is 2. The van der Waals surface area contributed by atoms with E-state index in [4.69, 9.17) is 0 Å². The molecule has 0 aromatic carbocycles. The summed E-state index contributed by atoms with van der Waals surface area (Å²) in [6.07, 6.45) is 4.91. The average molecular weight is 266 g/mol. The SMILES string of the molecule is CCC1CCC(C#N)C(N2CC(C)SC(C)C2)C1. The first-order valence-electron chi connectivity index (χ1n) is 7.43. The summed E-state index contributed by atoms with van der Waals surface area (Å²) in [7, 11) is 0. The molecule has 2 fully saturated rings. The lowest BCUT2D eigenvalue weighted by molar-refractivity contribution is 0.0980. The molecule has 1 aliphatic carbocycles. The minimum atomic E-state index is 0.273. The Morgan fingerprint density at radius 1 is 1.22 bits per heavy atom. The van der Waals surface area contributed by atoms with Gasteiger partial charge in [-0.05, 0) is 25.2 Å². The Morgan fingerprint density at radius 3 is 2.44 bits per heavy atom. The second kappa shape index (κ2) is 6.30. The van der Waals surface area contributed by atoms with Gasteiger partial charge in [0.15, 0.2) is 0 Å². The van der Waals surface area contributed by atoms with Crippen LogP contribution in [0.4, 0.5) is 0 Å². The number of nitriles is 1. The number of hydrogen-bond donors (Lipinski definition) is 0. The number of thioether (sulfide) groups is 1. The molecule has 0 amide bonds. The first-order chi connectivity index (χ1) is 8.63. The molecule has 18 heavy (non-hydrogen) atoms. The maximum absolute atomic E-state index is 9.40. The summed E-state index contributed by atoms with van der Waals surface area (Å²) >= 11 is 2.10. The second-order valence-electron chi connectivity index (χ2n) is 6.10. The van der Waals surface area contributed by atoms with Gasteiger partial charge in [-0.15, -0.1) is 0 Å². The molecule has 1 heterocycles. The van der Waals surface area contributed by atoms with Crippen molar-refractivity contribution in [2.24, 2.45) is 11.8 Å². The van der Waals surface area contributed by atoms with Crippen molar-refractivity contribution < 1.29 is 0 Å². The van der Waals surface area contributed by atoms with Crippen molar-refractivity contribution in [3.63, 3.8) is 0 Å². The molecule has 0 spiro atoms. The summed E-state index contributed by atoms with van der Waals surface area (Å²) in [5.41, 5.74) is 0. The van der Waals surface area contributed by atoms with Gasteiger partial charge in [0.05, 0.1) is 12.0 Å². The lowest BCUT2D eigenvalue weighted by Crippen LogP contribution is -2.51. The predicted molar refractivity (Wildman–Crippen MR) is 78.6 cm³/mol. The van der Waals surface area contributed by atoms with E-state index in [9.17, 15) is 5.26 Å². The fourth-order valence-electron chi connectivity index (χ4n) is 3.64. The van der Waals surface area contributed by atoms with E-state index in [0.717, 1.165) is 22.8 Å². The molecule has 0 aromatic rings. The van der Waals surface area contributed by atoms with Gasteiger partial charge in [-0.3, -0.25) is 4.90 Å².